The minimum atomic E-state index is -0.556. The lowest BCUT2D eigenvalue weighted by Crippen LogP contribution is -2.18. The van der Waals surface area contributed by atoms with Gasteiger partial charge in [0.2, 0.25) is 5.95 Å². The molecular weight excluding hydrogens is 340 g/mol. The summed E-state index contributed by atoms with van der Waals surface area (Å²) >= 11 is 0. The number of rotatable bonds is 5. The van der Waals surface area contributed by atoms with Crippen LogP contribution in [0.5, 0.6) is 0 Å². The Morgan fingerprint density at radius 3 is 2.44 bits per heavy atom. The summed E-state index contributed by atoms with van der Waals surface area (Å²) in [7, 11) is 0. The van der Waals surface area contributed by atoms with Gasteiger partial charge in [0.15, 0.2) is 0 Å². The van der Waals surface area contributed by atoms with E-state index < -0.39 is 5.91 Å². The monoisotopic (exact) mass is 358 g/mol. The Morgan fingerprint density at radius 2 is 1.70 bits per heavy atom. The van der Waals surface area contributed by atoms with E-state index in [9.17, 15) is 4.79 Å². The van der Waals surface area contributed by atoms with Crippen LogP contribution in [0.1, 0.15) is 15.9 Å². The Bertz CT molecular complexity index is 1070. The van der Waals surface area contributed by atoms with Gasteiger partial charge in [-0.2, -0.15) is 0 Å². The van der Waals surface area contributed by atoms with Crippen LogP contribution in [0.3, 0.4) is 0 Å². The van der Waals surface area contributed by atoms with Crippen LogP contribution in [0.2, 0.25) is 0 Å². The zero-order chi connectivity index (χ0) is 18.6. The van der Waals surface area contributed by atoms with Crippen LogP contribution < -0.4 is 10.8 Å². The van der Waals surface area contributed by atoms with Crippen molar-refractivity contribution >= 4 is 22.9 Å². The number of hydroxylamine groups is 1. The van der Waals surface area contributed by atoms with Crippen molar-refractivity contribution < 1.29 is 10.0 Å². The second-order valence-corrected chi connectivity index (χ2v) is 6.17. The molecule has 1 amide bonds. The number of hydrogen-bond acceptors (Lipinski definition) is 4. The van der Waals surface area contributed by atoms with Gasteiger partial charge in [0, 0.05) is 12.1 Å². The molecule has 0 atom stereocenters. The quantitative estimate of drug-likeness (QED) is 0.321. The largest absolute Gasteiger partial charge is 0.352 e. The molecule has 0 unspecified atom stereocenters. The molecule has 1 aromatic heterocycles. The predicted octanol–water partition coefficient (Wildman–Crippen LogP) is 3.96. The van der Waals surface area contributed by atoms with Gasteiger partial charge < -0.3 is 10.3 Å². The zero-order valence-corrected chi connectivity index (χ0v) is 14.4. The van der Waals surface area contributed by atoms with E-state index in [0.29, 0.717) is 18.1 Å². The second kappa shape index (κ2) is 7.31. The molecular formula is C21H18N4O2. The highest BCUT2D eigenvalue weighted by Gasteiger charge is 2.08. The lowest BCUT2D eigenvalue weighted by atomic mass is 10.0. The molecule has 0 aliphatic carbocycles. The molecule has 0 spiro atoms. The fourth-order valence-corrected chi connectivity index (χ4v) is 2.93. The third-order valence-electron chi connectivity index (χ3n) is 4.37. The van der Waals surface area contributed by atoms with Gasteiger partial charge in [-0.3, -0.25) is 10.0 Å². The van der Waals surface area contributed by atoms with E-state index in [0.717, 1.165) is 16.6 Å². The normalized spacial score (nSPS) is 10.7. The predicted molar refractivity (Wildman–Crippen MR) is 105 cm³/mol. The van der Waals surface area contributed by atoms with Gasteiger partial charge in [0.25, 0.3) is 5.91 Å². The number of benzene rings is 3. The third kappa shape index (κ3) is 3.65. The van der Waals surface area contributed by atoms with Gasteiger partial charge in [-0.15, -0.1) is 0 Å². The lowest BCUT2D eigenvalue weighted by molar-refractivity contribution is 0.0706. The molecule has 4 N–H and O–H groups in total. The van der Waals surface area contributed by atoms with Crippen LogP contribution in [-0.2, 0) is 6.54 Å². The van der Waals surface area contributed by atoms with Gasteiger partial charge in [0.1, 0.15) is 0 Å². The molecule has 0 aliphatic rings. The van der Waals surface area contributed by atoms with Crippen molar-refractivity contribution in [2.24, 2.45) is 0 Å². The van der Waals surface area contributed by atoms with Crippen LogP contribution >= 0.6 is 0 Å². The van der Waals surface area contributed by atoms with Gasteiger partial charge in [-0.05, 0) is 34.9 Å². The Morgan fingerprint density at radius 1 is 0.963 bits per heavy atom. The number of fused-ring (bicyclic) bond motifs is 1. The number of nitrogens with zero attached hydrogens (tertiary/aromatic N) is 1. The minimum absolute atomic E-state index is 0.358. The molecule has 1 heterocycles. The minimum Gasteiger partial charge on any atom is -0.352 e. The smallest absolute Gasteiger partial charge is 0.274 e. The molecule has 0 fully saturated rings. The number of amides is 1. The van der Waals surface area contributed by atoms with Crippen molar-refractivity contribution in [1.82, 2.24) is 15.4 Å². The molecule has 0 bridgehead atoms. The van der Waals surface area contributed by atoms with Crippen LogP contribution in [-0.4, -0.2) is 21.1 Å². The number of hydrogen-bond donors (Lipinski definition) is 4. The zero-order valence-electron chi connectivity index (χ0n) is 14.4. The highest BCUT2D eigenvalue weighted by atomic mass is 16.5. The molecule has 0 saturated heterocycles. The number of H-pyrrole nitrogens is 1. The first-order chi connectivity index (χ1) is 13.2. The molecule has 0 saturated carbocycles. The Labute approximate surface area is 155 Å². The maximum Gasteiger partial charge on any atom is 0.274 e. The molecule has 0 aliphatic heterocycles. The maximum absolute atomic E-state index is 11.5. The molecule has 3 aromatic carbocycles. The molecule has 4 rings (SSSR count). The Balaban J connectivity index is 1.46. The summed E-state index contributed by atoms with van der Waals surface area (Å²) in [6.45, 7) is 0.624. The SMILES string of the molecule is O=C(NO)c1ccc2nc(NCc3ccc(-c4ccccc4)cc3)[nH]c2c1. The van der Waals surface area contributed by atoms with Gasteiger partial charge in [-0.1, -0.05) is 54.6 Å². The van der Waals surface area contributed by atoms with Crippen LogP contribution in [0.15, 0.2) is 72.8 Å². The summed E-state index contributed by atoms with van der Waals surface area (Å²) in [6, 6.07) is 23.6. The first kappa shape index (κ1) is 16.8. The summed E-state index contributed by atoms with van der Waals surface area (Å²) in [4.78, 5) is 19.1. The average molecular weight is 358 g/mol. The van der Waals surface area contributed by atoms with Gasteiger partial charge in [0.05, 0.1) is 11.0 Å². The third-order valence-corrected chi connectivity index (χ3v) is 4.37. The average Bonchev–Trinajstić information content (AvgIpc) is 3.15. The Kier molecular flexibility index (Phi) is 4.55. The molecule has 4 aromatic rings. The van der Waals surface area contributed by atoms with E-state index in [-0.39, 0.29) is 0 Å². The van der Waals surface area contributed by atoms with Crippen molar-refractivity contribution in [2.45, 2.75) is 6.54 Å². The van der Waals surface area contributed by atoms with Crippen molar-refractivity contribution in [3.63, 3.8) is 0 Å². The van der Waals surface area contributed by atoms with Crippen LogP contribution in [0, 0.1) is 0 Å². The van der Waals surface area contributed by atoms with Crippen LogP contribution in [0.25, 0.3) is 22.2 Å². The molecule has 6 nitrogen and oxygen atoms in total. The summed E-state index contributed by atoms with van der Waals surface area (Å²) in [6.07, 6.45) is 0. The molecule has 134 valence electrons. The van der Waals surface area contributed by atoms with E-state index in [2.05, 4.69) is 51.7 Å². The van der Waals surface area contributed by atoms with E-state index in [1.54, 1.807) is 23.7 Å². The first-order valence-corrected chi connectivity index (χ1v) is 8.55. The van der Waals surface area contributed by atoms with Crippen molar-refractivity contribution in [2.75, 3.05) is 5.32 Å². The van der Waals surface area contributed by atoms with Crippen molar-refractivity contribution in [1.29, 1.82) is 0 Å². The fourth-order valence-electron chi connectivity index (χ4n) is 2.93. The second-order valence-electron chi connectivity index (χ2n) is 6.17. The number of carbonyl (C=O) groups excluding carboxylic acids is 1. The highest BCUT2D eigenvalue weighted by molar-refractivity contribution is 5.96. The summed E-state index contributed by atoms with van der Waals surface area (Å²) in [5.41, 5.74) is 6.95. The standard InChI is InChI=1S/C21H18N4O2/c26-20(25-27)17-10-11-18-19(12-17)24-21(23-18)22-13-14-6-8-16(9-7-14)15-4-2-1-3-5-15/h1-12,27H,13H2,(H,25,26)(H2,22,23,24). The first-order valence-electron chi connectivity index (χ1n) is 8.55. The fraction of sp³-hybridized carbons (Fsp3) is 0.0476. The van der Waals surface area contributed by atoms with E-state index in [1.807, 2.05) is 18.2 Å². The molecule has 0 radical (unpaired) electrons. The number of imidazole rings is 1. The van der Waals surface area contributed by atoms with Gasteiger partial charge in [-0.25, -0.2) is 10.5 Å². The number of carbonyl (C=O) groups is 1. The number of nitrogens with one attached hydrogen (secondary N) is 3. The number of aromatic amines is 1. The molecule has 6 heteroatoms. The van der Waals surface area contributed by atoms with E-state index in [4.69, 9.17) is 5.21 Å². The lowest BCUT2D eigenvalue weighted by Gasteiger charge is -2.05. The highest BCUT2D eigenvalue weighted by Crippen LogP contribution is 2.20. The van der Waals surface area contributed by atoms with Crippen molar-refractivity contribution in [3.05, 3.63) is 83.9 Å². The number of anilines is 1. The maximum atomic E-state index is 11.5. The summed E-state index contributed by atoms with van der Waals surface area (Å²) in [5.74, 6) is 0.0678. The Hall–Kier alpha value is -3.64. The topological polar surface area (TPSA) is 90.0 Å². The summed E-state index contributed by atoms with van der Waals surface area (Å²) in [5, 5.41) is 12.0. The van der Waals surface area contributed by atoms with Crippen LogP contribution in [0.4, 0.5) is 5.95 Å². The van der Waals surface area contributed by atoms with Crippen molar-refractivity contribution in [3.8, 4) is 11.1 Å². The van der Waals surface area contributed by atoms with E-state index in [1.165, 1.54) is 11.1 Å². The van der Waals surface area contributed by atoms with E-state index >= 15 is 0 Å². The van der Waals surface area contributed by atoms with Gasteiger partial charge >= 0.3 is 0 Å². The molecule has 27 heavy (non-hydrogen) atoms. The number of aromatic nitrogens is 2. The summed E-state index contributed by atoms with van der Waals surface area (Å²) < 4.78 is 0.